The van der Waals surface area contributed by atoms with Crippen molar-refractivity contribution in [3.8, 4) is 0 Å². The van der Waals surface area contributed by atoms with Gasteiger partial charge < -0.3 is 14.8 Å². The summed E-state index contributed by atoms with van der Waals surface area (Å²) in [5.74, 6) is -0.322. The van der Waals surface area contributed by atoms with Crippen LogP contribution in [-0.2, 0) is 16.0 Å². The number of likely N-dealkylation sites (N-methyl/N-ethyl adjacent to an activating group) is 2. The van der Waals surface area contributed by atoms with Crippen molar-refractivity contribution in [3.05, 3.63) is 35.9 Å². The van der Waals surface area contributed by atoms with Crippen LogP contribution in [0.4, 0.5) is 0 Å². The number of hydrogen-bond acceptors (Lipinski definition) is 4. The van der Waals surface area contributed by atoms with E-state index in [1.807, 2.05) is 7.05 Å². The summed E-state index contributed by atoms with van der Waals surface area (Å²) in [7, 11) is 4.26. The summed E-state index contributed by atoms with van der Waals surface area (Å²) in [6, 6.07) is 11.6. The molecule has 2 aliphatic rings. The molecule has 0 unspecified atom stereocenters. The predicted molar refractivity (Wildman–Crippen MR) is 83.0 cm³/mol. The third-order valence-electron chi connectivity index (χ3n) is 4.84. The molecule has 0 radical (unpaired) electrons. The average Bonchev–Trinajstić information content (AvgIpc) is 2.96. The van der Waals surface area contributed by atoms with Crippen LogP contribution in [-0.4, -0.2) is 50.1 Å². The van der Waals surface area contributed by atoms with Gasteiger partial charge in [0, 0.05) is 31.5 Å². The maximum Gasteiger partial charge on any atom is 0.170 e. The molecule has 1 aliphatic carbocycles. The third-order valence-corrected chi connectivity index (χ3v) is 4.84. The molecular formula is C17H26N2O2. The maximum absolute atomic E-state index is 5.88. The average molecular weight is 290 g/mol. The Morgan fingerprint density at radius 2 is 1.95 bits per heavy atom. The lowest BCUT2D eigenvalue weighted by Gasteiger charge is -2.44. The Bertz CT molecular complexity index is 445. The lowest BCUT2D eigenvalue weighted by molar-refractivity contribution is -0.189. The van der Waals surface area contributed by atoms with E-state index in [0.717, 1.165) is 39.0 Å². The smallest absolute Gasteiger partial charge is 0.170 e. The predicted octanol–water partition coefficient (Wildman–Crippen LogP) is 2.00. The topological polar surface area (TPSA) is 33.7 Å². The summed E-state index contributed by atoms with van der Waals surface area (Å²) in [6.07, 6.45) is 3.04. The van der Waals surface area contributed by atoms with Gasteiger partial charge in [-0.3, -0.25) is 4.90 Å². The second kappa shape index (κ2) is 6.44. The van der Waals surface area contributed by atoms with Crippen molar-refractivity contribution in [3.63, 3.8) is 0 Å². The number of hydrogen-bond donors (Lipinski definition) is 1. The molecule has 1 aliphatic heterocycles. The fourth-order valence-corrected chi connectivity index (χ4v) is 3.71. The van der Waals surface area contributed by atoms with Crippen molar-refractivity contribution in [2.45, 2.75) is 43.7 Å². The Morgan fingerprint density at radius 1 is 1.24 bits per heavy atom. The molecule has 1 aromatic carbocycles. The highest BCUT2D eigenvalue weighted by Gasteiger charge is 2.45. The van der Waals surface area contributed by atoms with Crippen molar-refractivity contribution in [2.75, 3.05) is 27.3 Å². The van der Waals surface area contributed by atoms with Crippen LogP contribution in [0.1, 0.15) is 24.8 Å². The van der Waals surface area contributed by atoms with Crippen LogP contribution in [0.3, 0.4) is 0 Å². The second-order valence-electron chi connectivity index (χ2n) is 6.21. The molecule has 1 saturated heterocycles. The quantitative estimate of drug-likeness (QED) is 0.919. The van der Waals surface area contributed by atoms with Crippen molar-refractivity contribution >= 4 is 0 Å². The van der Waals surface area contributed by atoms with Gasteiger partial charge in [-0.15, -0.1) is 0 Å². The molecule has 0 aromatic heterocycles. The van der Waals surface area contributed by atoms with Gasteiger partial charge in [0.15, 0.2) is 5.79 Å². The molecule has 1 spiro atoms. The number of nitrogens with one attached hydrogen (secondary N) is 1. The fraction of sp³-hybridized carbons (Fsp3) is 0.647. The first-order valence-corrected chi connectivity index (χ1v) is 7.92. The number of ether oxygens (including phenoxy) is 2. The van der Waals surface area contributed by atoms with Crippen LogP contribution in [0.5, 0.6) is 0 Å². The molecule has 1 heterocycles. The molecular weight excluding hydrogens is 264 g/mol. The minimum atomic E-state index is -0.322. The van der Waals surface area contributed by atoms with E-state index in [-0.39, 0.29) is 5.79 Å². The summed E-state index contributed by atoms with van der Waals surface area (Å²) in [5, 5.41) is 3.47. The van der Waals surface area contributed by atoms with Crippen molar-refractivity contribution in [2.24, 2.45) is 0 Å². The molecule has 1 saturated carbocycles. The zero-order chi connectivity index (χ0) is 14.7. The van der Waals surface area contributed by atoms with E-state index in [9.17, 15) is 0 Å². The first kappa shape index (κ1) is 15.0. The Hall–Kier alpha value is -0.940. The highest BCUT2D eigenvalue weighted by Crippen LogP contribution is 2.37. The van der Waals surface area contributed by atoms with Gasteiger partial charge in [0.05, 0.1) is 13.2 Å². The van der Waals surface area contributed by atoms with E-state index in [2.05, 4.69) is 47.6 Å². The largest absolute Gasteiger partial charge is 0.347 e. The second-order valence-corrected chi connectivity index (χ2v) is 6.21. The lowest BCUT2D eigenvalue weighted by Crippen LogP contribution is -2.55. The van der Waals surface area contributed by atoms with Crippen molar-refractivity contribution in [1.82, 2.24) is 10.2 Å². The molecule has 21 heavy (non-hydrogen) atoms. The molecule has 2 fully saturated rings. The monoisotopic (exact) mass is 290 g/mol. The van der Waals surface area contributed by atoms with Crippen molar-refractivity contribution < 1.29 is 9.47 Å². The fourth-order valence-electron chi connectivity index (χ4n) is 3.71. The van der Waals surface area contributed by atoms with E-state index in [4.69, 9.17) is 9.47 Å². The van der Waals surface area contributed by atoms with E-state index < -0.39 is 0 Å². The van der Waals surface area contributed by atoms with Gasteiger partial charge >= 0.3 is 0 Å². The van der Waals surface area contributed by atoms with Gasteiger partial charge in [-0.2, -0.15) is 0 Å². The Balaban J connectivity index is 1.64. The summed E-state index contributed by atoms with van der Waals surface area (Å²) in [5.41, 5.74) is 1.36. The van der Waals surface area contributed by atoms with Gasteiger partial charge in [-0.05, 0) is 26.1 Å². The SMILES string of the molecule is CN[C@H]1CC2(CC[C@@H]1N(C)Cc1ccccc1)OCCO2. The van der Waals surface area contributed by atoms with Crippen LogP contribution in [0.25, 0.3) is 0 Å². The van der Waals surface area contributed by atoms with Gasteiger partial charge in [0.25, 0.3) is 0 Å². The summed E-state index contributed by atoms with van der Waals surface area (Å²) in [4.78, 5) is 2.46. The van der Waals surface area contributed by atoms with Crippen LogP contribution >= 0.6 is 0 Å². The minimum absolute atomic E-state index is 0.322. The number of nitrogens with zero attached hydrogens (tertiary/aromatic N) is 1. The summed E-state index contributed by atoms with van der Waals surface area (Å²) >= 11 is 0. The Morgan fingerprint density at radius 3 is 2.62 bits per heavy atom. The molecule has 1 aromatic rings. The van der Waals surface area contributed by atoms with Crippen LogP contribution < -0.4 is 5.32 Å². The van der Waals surface area contributed by atoms with E-state index in [1.165, 1.54) is 5.56 Å². The van der Waals surface area contributed by atoms with Gasteiger partial charge in [-0.25, -0.2) is 0 Å². The Labute approximate surface area is 127 Å². The van der Waals surface area contributed by atoms with Crippen LogP contribution in [0, 0.1) is 0 Å². The number of benzene rings is 1. The molecule has 4 heteroatoms. The lowest BCUT2D eigenvalue weighted by atomic mass is 9.84. The van der Waals surface area contributed by atoms with E-state index in [0.29, 0.717) is 12.1 Å². The molecule has 2 atom stereocenters. The molecule has 3 rings (SSSR count). The van der Waals surface area contributed by atoms with Gasteiger partial charge in [0.1, 0.15) is 0 Å². The molecule has 116 valence electrons. The molecule has 0 bridgehead atoms. The summed E-state index contributed by atoms with van der Waals surface area (Å²) in [6.45, 7) is 2.46. The van der Waals surface area contributed by atoms with Crippen LogP contribution in [0.15, 0.2) is 30.3 Å². The molecule has 4 nitrogen and oxygen atoms in total. The molecule has 1 N–H and O–H groups in total. The standard InChI is InChI=1S/C17H26N2O2/c1-18-15-12-17(20-10-11-21-17)9-8-16(15)19(2)13-14-6-4-3-5-7-14/h3-7,15-16,18H,8-13H2,1-2H3/t15-,16-/m0/s1. The molecule has 0 amide bonds. The van der Waals surface area contributed by atoms with E-state index in [1.54, 1.807) is 0 Å². The van der Waals surface area contributed by atoms with Crippen molar-refractivity contribution in [1.29, 1.82) is 0 Å². The first-order chi connectivity index (χ1) is 10.2. The zero-order valence-corrected chi connectivity index (χ0v) is 13.0. The minimum Gasteiger partial charge on any atom is -0.347 e. The highest BCUT2D eigenvalue weighted by atomic mass is 16.7. The Kier molecular flexibility index (Phi) is 4.60. The zero-order valence-electron chi connectivity index (χ0n) is 13.0. The van der Waals surface area contributed by atoms with Gasteiger partial charge in [0.2, 0.25) is 0 Å². The first-order valence-electron chi connectivity index (χ1n) is 7.92. The van der Waals surface area contributed by atoms with Gasteiger partial charge in [-0.1, -0.05) is 30.3 Å². The summed E-state index contributed by atoms with van der Waals surface area (Å²) < 4.78 is 11.8. The third kappa shape index (κ3) is 3.29. The maximum atomic E-state index is 5.88. The van der Waals surface area contributed by atoms with Crippen LogP contribution in [0.2, 0.25) is 0 Å². The highest BCUT2D eigenvalue weighted by molar-refractivity contribution is 5.14. The van der Waals surface area contributed by atoms with E-state index >= 15 is 0 Å². The number of rotatable bonds is 4. The normalized spacial score (nSPS) is 28.3.